The number of rotatable bonds is 10. The summed E-state index contributed by atoms with van der Waals surface area (Å²) in [6.45, 7) is 0.0679. The van der Waals surface area contributed by atoms with Gasteiger partial charge >= 0.3 is 5.97 Å². The fraction of sp³-hybridized carbons (Fsp3) is 0.280. The first-order valence-corrected chi connectivity index (χ1v) is 10.7. The van der Waals surface area contributed by atoms with Crippen LogP contribution in [0.25, 0.3) is 0 Å². The topological polar surface area (TPSA) is 123 Å². The van der Waals surface area contributed by atoms with Gasteiger partial charge in [0.15, 0.2) is 11.5 Å². The Kier molecular flexibility index (Phi) is 8.08. The lowest BCUT2D eigenvalue weighted by molar-refractivity contribution is -0.135. The van der Waals surface area contributed by atoms with Crippen molar-refractivity contribution >= 4 is 29.4 Å². The highest BCUT2D eigenvalue weighted by atomic mass is 16.5. The van der Waals surface area contributed by atoms with Crippen molar-refractivity contribution < 1.29 is 38.5 Å². The molecule has 1 heterocycles. The second kappa shape index (κ2) is 11.2. The standard InChI is InChI=1S/C25H26N2O8/c1-33-18-7-5-17(6-8-18)27-23(29)15-19(25(27)32)26(22(28)10-11-24(30)31)13-12-16-4-9-20(34-2)21(14-16)35-3/h4-11,14,19H,12-13,15H2,1-3H3,(H,30,31)/b11-10+/t19-/m1/s1. The zero-order valence-corrected chi connectivity index (χ0v) is 19.6. The smallest absolute Gasteiger partial charge is 0.328 e. The fourth-order valence-electron chi connectivity index (χ4n) is 3.81. The molecule has 0 unspecified atom stereocenters. The second-order valence-electron chi connectivity index (χ2n) is 7.63. The maximum atomic E-state index is 13.3. The van der Waals surface area contributed by atoms with E-state index in [0.29, 0.717) is 35.4 Å². The number of ether oxygens (including phenoxy) is 3. The number of nitrogens with zero attached hydrogens (tertiary/aromatic N) is 2. The van der Waals surface area contributed by atoms with Gasteiger partial charge in [-0.1, -0.05) is 6.07 Å². The summed E-state index contributed by atoms with van der Waals surface area (Å²) in [6, 6.07) is 10.6. The van der Waals surface area contributed by atoms with Crippen molar-refractivity contribution in [2.24, 2.45) is 0 Å². The Morgan fingerprint density at radius 2 is 1.69 bits per heavy atom. The molecule has 0 spiro atoms. The van der Waals surface area contributed by atoms with Crippen LogP contribution in [-0.2, 0) is 25.6 Å². The lowest BCUT2D eigenvalue weighted by atomic mass is 10.1. The van der Waals surface area contributed by atoms with Crippen molar-refractivity contribution in [1.29, 1.82) is 0 Å². The minimum atomic E-state index is -1.30. The highest BCUT2D eigenvalue weighted by Gasteiger charge is 2.44. The Morgan fingerprint density at radius 1 is 1.00 bits per heavy atom. The summed E-state index contributed by atoms with van der Waals surface area (Å²) in [4.78, 5) is 52.1. The van der Waals surface area contributed by atoms with E-state index in [0.717, 1.165) is 16.5 Å². The van der Waals surface area contributed by atoms with Crippen LogP contribution >= 0.6 is 0 Å². The van der Waals surface area contributed by atoms with E-state index in [1.54, 1.807) is 42.5 Å². The molecule has 0 aromatic heterocycles. The molecule has 184 valence electrons. The molecule has 1 fully saturated rings. The minimum Gasteiger partial charge on any atom is -0.497 e. The molecule has 1 atom stereocenters. The van der Waals surface area contributed by atoms with Crippen molar-refractivity contribution in [2.75, 3.05) is 32.8 Å². The first kappa shape index (κ1) is 25.3. The van der Waals surface area contributed by atoms with Crippen LogP contribution in [-0.4, -0.2) is 67.6 Å². The first-order chi connectivity index (χ1) is 16.8. The SMILES string of the molecule is COc1ccc(N2C(=O)C[C@@H](N(CCc3ccc(OC)c(OC)c3)C(=O)/C=C/C(=O)O)C2=O)cc1. The molecule has 1 saturated heterocycles. The number of anilines is 1. The minimum absolute atomic E-state index is 0.0679. The van der Waals surface area contributed by atoms with Crippen molar-refractivity contribution in [3.8, 4) is 17.2 Å². The van der Waals surface area contributed by atoms with Crippen LogP contribution in [0.4, 0.5) is 5.69 Å². The van der Waals surface area contributed by atoms with E-state index in [4.69, 9.17) is 19.3 Å². The Balaban J connectivity index is 1.86. The van der Waals surface area contributed by atoms with Gasteiger partial charge in [0.1, 0.15) is 11.8 Å². The van der Waals surface area contributed by atoms with Gasteiger partial charge in [-0.15, -0.1) is 0 Å². The largest absolute Gasteiger partial charge is 0.497 e. The normalized spacial score (nSPS) is 15.4. The molecule has 3 amide bonds. The summed E-state index contributed by atoms with van der Waals surface area (Å²) in [5, 5.41) is 8.93. The molecule has 2 aromatic rings. The maximum absolute atomic E-state index is 13.3. The van der Waals surface area contributed by atoms with Crippen LogP contribution in [0.1, 0.15) is 12.0 Å². The van der Waals surface area contributed by atoms with Crippen molar-refractivity contribution in [1.82, 2.24) is 4.90 Å². The van der Waals surface area contributed by atoms with Gasteiger partial charge in [-0.05, 0) is 48.4 Å². The number of carboxylic acids is 1. The monoisotopic (exact) mass is 482 g/mol. The lowest BCUT2D eigenvalue weighted by Crippen LogP contribution is -2.46. The highest BCUT2D eigenvalue weighted by Crippen LogP contribution is 2.30. The molecule has 0 radical (unpaired) electrons. The number of imide groups is 1. The number of benzene rings is 2. The van der Waals surface area contributed by atoms with Gasteiger partial charge in [0.05, 0.1) is 33.4 Å². The molecular weight excluding hydrogens is 456 g/mol. The number of carboxylic acid groups (broad SMARTS) is 1. The maximum Gasteiger partial charge on any atom is 0.328 e. The third kappa shape index (κ3) is 5.78. The molecule has 1 N–H and O–H groups in total. The lowest BCUT2D eigenvalue weighted by Gasteiger charge is -2.27. The van der Waals surface area contributed by atoms with Gasteiger partial charge in [-0.3, -0.25) is 14.4 Å². The Labute approximate surface area is 202 Å². The summed E-state index contributed by atoms with van der Waals surface area (Å²) in [6.07, 6.45) is 1.69. The predicted molar refractivity (Wildman–Crippen MR) is 126 cm³/mol. The third-order valence-electron chi connectivity index (χ3n) is 5.57. The van der Waals surface area contributed by atoms with E-state index in [1.165, 1.54) is 26.2 Å². The average molecular weight is 482 g/mol. The third-order valence-corrected chi connectivity index (χ3v) is 5.57. The quantitative estimate of drug-likeness (QED) is 0.403. The van der Waals surface area contributed by atoms with Crippen molar-refractivity contribution in [2.45, 2.75) is 18.9 Å². The van der Waals surface area contributed by atoms with Crippen LogP contribution in [0.3, 0.4) is 0 Å². The van der Waals surface area contributed by atoms with Crippen LogP contribution in [0, 0.1) is 0 Å². The zero-order chi connectivity index (χ0) is 25.5. The number of carbonyl (C=O) groups excluding carboxylic acids is 3. The van der Waals surface area contributed by atoms with Gasteiger partial charge in [0, 0.05) is 18.7 Å². The number of hydrogen-bond donors (Lipinski definition) is 1. The molecule has 3 rings (SSSR count). The van der Waals surface area contributed by atoms with E-state index >= 15 is 0 Å². The summed E-state index contributed by atoms with van der Waals surface area (Å²) < 4.78 is 15.7. The van der Waals surface area contributed by atoms with E-state index in [9.17, 15) is 19.2 Å². The van der Waals surface area contributed by atoms with Gasteiger partial charge in [0.2, 0.25) is 11.8 Å². The predicted octanol–water partition coefficient (Wildman–Crippen LogP) is 2.06. The molecular formula is C25H26N2O8. The van der Waals surface area contributed by atoms with Gasteiger partial charge in [-0.25, -0.2) is 9.69 Å². The van der Waals surface area contributed by atoms with E-state index in [2.05, 4.69) is 0 Å². The summed E-state index contributed by atoms with van der Waals surface area (Å²) in [7, 11) is 4.53. The van der Waals surface area contributed by atoms with E-state index in [1.807, 2.05) is 0 Å². The number of aliphatic carboxylic acids is 1. The van der Waals surface area contributed by atoms with Crippen molar-refractivity contribution in [3.63, 3.8) is 0 Å². The van der Waals surface area contributed by atoms with E-state index < -0.39 is 29.7 Å². The van der Waals surface area contributed by atoms with Crippen LogP contribution in [0.5, 0.6) is 17.2 Å². The van der Waals surface area contributed by atoms with Gasteiger partial charge < -0.3 is 24.2 Å². The molecule has 0 saturated carbocycles. The van der Waals surface area contributed by atoms with Gasteiger partial charge in [0.25, 0.3) is 5.91 Å². The molecule has 1 aliphatic heterocycles. The molecule has 35 heavy (non-hydrogen) atoms. The highest BCUT2D eigenvalue weighted by molar-refractivity contribution is 6.23. The Morgan fingerprint density at radius 3 is 2.29 bits per heavy atom. The van der Waals surface area contributed by atoms with Crippen LogP contribution in [0.2, 0.25) is 0 Å². The molecule has 10 nitrogen and oxygen atoms in total. The molecule has 0 aliphatic carbocycles. The number of methoxy groups -OCH3 is 3. The first-order valence-electron chi connectivity index (χ1n) is 10.7. The molecule has 1 aliphatic rings. The number of hydrogen-bond acceptors (Lipinski definition) is 7. The number of amides is 3. The molecule has 10 heteroatoms. The Bertz CT molecular complexity index is 1140. The Hall–Kier alpha value is -4.34. The summed E-state index contributed by atoms with van der Waals surface area (Å²) in [5.74, 6) is -1.40. The summed E-state index contributed by atoms with van der Waals surface area (Å²) >= 11 is 0. The molecule has 0 bridgehead atoms. The van der Waals surface area contributed by atoms with E-state index in [-0.39, 0.29) is 13.0 Å². The summed E-state index contributed by atoms with van der Waals surface area (Å²) in [5.41, 5.74) is 1.16. The van der Waals surface area contributed by atoms with Crippen molar-refractivity contribution in [3.05, 3.63) is 60.2 Å². The average Bonchev–Trinajstić information content (AvgIpc) is 3.15. The number of carbonyl (C=O) groups is 4. The van der Waals surface area contributed by atoms with Gasteiger partial charge in [-0.2, -0.15) is 0 Å². The molecule has 2 aromatic carbocycles. The van der Waals surface area contributed by atoms with Crippen LogP contribution < -0.4 is 19.1 Å². The fourth-order valence-corrected chi connectivity index (χ4v) is 3.81. The van der Waals surface area contributed by atoms with Crippen LogP contribution in [0.15, 0.2) is 54.6 Å². The second-order valence-corrected chi connectivity index (χ2v) is 7.63. The zero-order valence-electron chi connectivity index (χ0n) is 19.6.